The standard InChI is InChI=1S/C10H15NO3/c1-8-5-4-6-11(10(8)12)7-9(13-2)14-3/h4-6,9H,7H2,1-3H3. The van der Waals surface area contributed by atoms with Crippen LogP contribution in [0.25, 0.3) is 0 Å². The van der Waals surface area contributed by atoms with Crippen LogP contribution in [0.5, 0.6) is 0 Å². The summed E-state index contributed by atoms with van der Waals surface area (Å²) >= 11 is 0. The van der Waals surface area contributed by atoms with Gasteiger partial charge in [-0.3, -0.25) is 4.79 Å². The molecule has 4 heteroatoms. The van der Waals surface area contributed by atoms with Crippen molar-refractivity contribution in [1.29, 1.82) is 0 Å². The minimum atomic E-state index is -0.380. The summed E-state index contributed by atoms with van der Waals surface area (Å²) in [4.78, 5) is 11.6. The van der Waals surface area contributed by atoms with E-state index in [0.29, 0.717) is 6.54 Å². The van der Waals surface area contributed by atoms with E-state index in [9.17, 15) is 4.79 Å². The van der Waals surface area contributed by atoms with Gasteiger partial charge in [0.2, 0.25) is 0 Å². The van der Waals surface area contributed by atoms with Gasteiger partial charge < -0.3 is 14.0 Å². The Hall–Kier alpha value is -1.13. The van der Waals surface area contributed by atoms with Crippen molar-refractivity contribution in [3.8, 4) is 0 Å². The van der Waals surface area contributed by atoms with E-state index >= 15 is 0 Å². The van der Waals surface area contributed by atoms with E-state index in [4.69, 9.17) is 9.47 Å². The zero-order chi connectivity index (χ0) is 10.6. The molecule has 0 bridgehead atoms. The van der Waals surface area contributed by atoms with Gasteiger partial charge in [0.05, 0.1) is 6.54 Å². The highest BCUT2D eigenvalue weighted by atomic mass is 16.7. The van der Waals surface area contributed by atoms with Crippen molar-refractivity contribution >= 4 is 0 Å². The van der Waals surface area contributed by atoms with Crippen LogP contribution in [-0.2, 0) is 16.0 Å². The van der Waals surface area contributed by atoms with Gasteiger partial charge in [0.25, 0.3) is 5.56 Å². The van der Waals surface area contributed by atoms with Gasteiger partial charge in [-0.1, -0.05) is 6.07 Å². The summed E-state index contributed by atoms with van der Waals surface area (Å²) in [5.74, 6) is 0. The molecule has 0 unspecified atom stereocenters. The van der Waals surface area contributed by atoms with Crippen molar-refractivity contribution in [3.05, 3.63) is 34.2 Å². The van der Waals surface area contributed by atoms with Crippen LogP contribution >= 0.6 is 0 Å². The molecule has 0 radical (unpaired) electrons. The van der Waals surface area contributed by atoms with Gasteiger partial charge in [-0.15, -0.1) is 0 Å². The van der Waals surface area contributed by atoms with E-state index in [1.165, 1.54) is 0 Å². The van der Waals surface area contributed by atoms with Gasteiger partial charge in [0.15, 0.2) is 6.29 Å². The molecule has 0 aliphatic heterocycles. The average molecular weight is 197 g/mol. The molecule has 0 aromatic carbocycles. The molecule has 0 saturated heterocycles. The topological polar surface area (TPSA) is 40.5 Å². The van der Waals surface area contributed by atoms with Crippen LogP contribution in [0.4, 0.5) is 0 Å². The van der Waals surface area contributed by atoms with E-state index in [1.807, 2.05) is 6.07 Å². The molecule has 0 N–H and O–H groups in total. The van der Waals surface area contributed by atoms with E-state index in [1.54, 1.807) is 38.0 Å². The quantitative estimate of drug-likeness (QED) is 0.669. The molecular weight excluding hydrogens is 182 g/mol. The molecule has 1 aromatic rings. The number of pyridine rings is 1. The lowest BCUT2D eigenvalue weighted by atomic mass is 10.3. The fourth-order valence-corrected chi connectivity index (χ4v) is 1.21. The van der Waals surface area contributed by atoms with E-state index in [0.717, 1.165) is 5.56 Å². The molecule has 0 aliphatic rings. The van der Waals surface area contributed by atoms with Gasteiger partial charge in [0, 0.05) is 26.0 Å². The van der Waals surface area contributed by atoms with Crippen LogP contribution in [0.15, 0.2) is 23.1 Å². The number of hydrogen-bond donors (Lipinski definition) is 0. The van der Waals surface area contributed by atoms with Gasteiger partial charge in [-0.05, 0) is 13.0 Å². The Labute approximate surface area is 83.1 Å². The maximum atomic E-state index is 11.6. The number of methoxy groups -OCH3 is 2. The molecule has 1 heterocycles. The number of ether oxygens (including phenoxy) is 2. The second-order valence-corrected chi connectivity index (χ2v) is 3.05. The molecule has 0 saturated carbocycles. The first-order valence-electron chi connectivity index (χ1n) is 4.40. The summed E-state index contributed by atoms with van der Waals surface area (Å²) in [6.07, 6.45) is 1.34. The van der Waals surface area contributed by atoms with Crippen molar-refractivity contribution in [1.82, 2.24) is 4.57 Å². The predicted molar refractivity (Wildman–Crippen MR) is 53.2 cm³/mol. The third-order valence-electron chi connectivity index (χ3n) is 2.08. The van der Waals surface area contributed by atoms with Gasteiger partial charge in [-0.25, -0.2) is 0 Å². The predicted octanol–water partition coefficient (Wildman–Crippen LogP) is 0.776. The number of rotatable bonds is 4. The molecule has 14 heavy (non-hydrogen) atoms. The number of aryl methyl sites for hydroxylation is 1. The lowest BCUT2D eigenvalue weighted by Gasteiger charge is -2.14. The highest BCUT2D eigenvalue weighted by molar-refractivity contribution is 5.07. The molecule has 1 aromatic heterocycles. The number of hydrogen-bond acceptors (Lipinski definition) is 3. The van der Waals surface area contributed by atoms with Gasteiger partial charge >= 0.3 is 0 Å². The maximum absolute atomic E-state index is 11.6. The van der Waals surface area contributed by atoms with E-state index in [-0.39, 0.29) is 11.8 Å². The Morgan fingerprint density at radius 1 is 1.43 bits per heavy atom. The van der Waals surface area contributed by atoms with Crippen molar-refractivity contribution in [3.63, 3.8) is 0 Å². The Balaban J connectivity index is 2.86. The molecule has 0 atom stereocenters. The normalized spacial score (nSPS) is 10.9. The summed E-state index contributed by atoms with van der Waals surface area (Å²) < 4.78 is 11.6. The van der Waals surface area contributed by atoms with Crippen LogP contribution in [0, 0.1) is 6.92 Å². The Morgan fingerprint density at radius 2 is 2.07 bits per heavy atom. The van der Waals surface area contributed by atoms with Crippen LogP contribution in [0.1, 0.15) is 5.56 Å². The summed E-state index contributed by atoms with van der Waals surface area (Å²) in [5, 5.41) is 0. The maximum Gasteiger partial charge on any atom is 0.253 e. The minimum Gasteiger partial charge on any atom is -0.354 e. The smallest absolute Gasteiger partial charge is 0.253 e. The summed E-state index contributed by atoms with van der Waals surface area (Å²) in [6.45, 7) is 2.20. The largest absolute Gasteiger partial charge is 0.354 e. The second kappa shape index (κ2) is 4.93. The molecule has 78 valence electrons. The first-order valence-corrected chi connectivity index (χ1v) is 4.40. The van der Waals surface area contributed by atoms with Crippen molar-refractivity contribution in [2.45, 2.75) is 19.8 Å². The second-order valence-electron chi connectivity index (χ2n) is 3.05. The molecular formula is C10H15NO3. The third kappa shape index (κ3) is 2.43. The van der Waals surface area contributed by atoms with Crippen molar-refractivity contribution < 1.29 is 9.47 Å². The molecule has 4 nitrogen and oxygen atoms in total. The summed E-state index contributed by atoms with van der Waals surface area (Å²) in [7, 11) is 3.10. The molecule has 0 spiro atoms. The zero-order valence-electron chi connectivity index (χ0n) is 8.69. The van der Waals surface area contributed by atoms with E-state index in [2.05, 4.69) is 0 Å². The fourth-order valence-electron chi connectivity index (χ4n) is 1.21. The summed E-state index contributed by atoms with van der Waals surface area (Å²) in [6, 6.07) is 3.62. The molecule has 0 fully saturated rings. The monoisotopic (exact) mass is 197 g/mol. The first kappa shape index (κ1) is 10.9. The summed E-state index contributed by atoms with van der Waals surface area (Å²) in [5.41, 5.74) is 0.713. The number of aromatic nitrogens is 1. The van der Waals surface area contributed by atoms with Crippen LogP contribution in [-0.4, -0.2) is 25.1 Å². The fraction of sp³-hybridized carbons (Fsp3) is 0.500. The Kier molecular flexibility index (Phi) is 3.85. The SMILES string of the molecule is COC(Cn1cccc(C)c1=O)OC. The Morgan fingerprint density at radius 3 is 2.64 bits per heavy atom. The van der Waals surface area contributed by atoms with E-state index < -0.39 is 0 Å². The van der Waals surface area contributed by atoms with Crippen molar-refractivity contribution in [2.75, 3.05) is 14.2 Å². The van der Waals surface area contributed by atoms with Crippen LogP contribution in [0.2, 0.25) is 0 Å². The Bertz CT molecular complexity index is 341. The zero-order valence-corrected chi connectivity index (χ0v) is 8.69. The van der Waals surface area contributed by atoms with Crippen LogP contribution < -0.4 is 5.56 Å². The average Bonchev–Trinajstić information content (AvgIpc) is 2.20. The molecule has 0 amide bonds. The lowest BCUT2D eigenvalue weighted by molar-refractivity contribution is -0.111. The van der Waals surface area contributed by atoms with Crippen LogP contribution in [0.3, 0.4) is 0 Å². The minimum absolute atomic E-state index is 0.00778. The highest BCUT2D eigenvalue weighted by Crippen LogP contribution is 1.96. The molecule has 0 aliphatic carbocycles. The first-order chi connectivity index (χ1) is 6.69. The van der Waals surface area contributed by atoms with Crippen molar-refractivity contribution in [2.24, 2.45) is 0 Å². The van der Waals surface area contributed by atoms with Gasteiger partial charge in [-0.2, -0.15) is 0 Å². The third-order valence-corrected chi connectivity index (χ3v) is 2.08. The highest BCUT2D eigenvalue weighted by Gasteiger charge is 2.07. The number of nitrogens with zero attached hydrogens (tertiary/aromatic N) is 1. The molecule has 1 rings (SSSR count). The lowest BCUT2D eigenvalue weighted by Crippen LogP contribution is -2.29. The van der Waals surface area contributed by atoms with Gasteiger partial charge in [0.1, 0.15) is 0 Å².